The maximum atomic E-state index is 13.1. The first-order valence-electron chi connectivity index (χ1n) is 10.5. The lowest BCUT2D eigenvalue weighted by molar-refractivity contribution is -0.142. The fourth-order valence-corrected chi connectivity index (χ4v) is 3.97. The van der Waals surface area contributed by atoms with Gasteiger partial charge in [0, 0.05) is 17.1 Å². The van der Waals surface area contributed by atoms with Crippen molar-refractivity contribution in [3.8, 4) is 5.75 Å². The highest BCUT2D eigenvalue weighted by molar-refractivity contribution is 9.10. The summed E-state index contributed by atoms with van der Waals surface area (Å²) in [6.07, 6.45) is 4.31. The molecule has 1 saturated carbocycles. The average molecular weight is 473 g/mol. The maximum Gasteiger partial charge on any atom is 0.261 e. The smallest absolute Gasteiger partial charge is 0.261 e. The number of amides is 2. The Kier molecular flexibility index (Phi) is 7.91. The Balaban J connectivity index is 1.71. The second-order valence-corrected chi connectivity index (χ2v) is 8.78. The quantitative estimate of drug-likeness (QED) is 0.609. The molecule has 3 rings (SSSR count). The number of carbonyl (C=O) groups excluding carboxylic acids is 2. The van der Waals surface area contributed by atoms with Crippen molar-refractivity contribution in [1.82, 2.24) is 10.2 Å². The van der Waals surface area contributed by atoms with E-state index in [4.69, 9.17) is 4.74 Å². The van der Waals surface area contributed by atoms with Crippen LogP contribution in [0.3, 0.4) is 0 Å². The minimum absolute atomic E-state index is 0.108. The molecule has 1 atom stereocenters. The van der Waals surface area contributed by atoms with E-state index in [-0.39, 0.29) is 24.5 Å². The van der Waals surface area contributed by atoms with E-state index >= 15 is 0 Å². The summed E-state index contributed by atoms with van der Waals surface area (Å²) in [5.41, 5.74) is 1.93. The predicted molar refractivity (Wildman–Crippen MR) is 121 cm³/mol. The van der Waals surface area contributed by atoms with Crippen LogP contribution < -0.4 is 10.1 Å². The molecule has 0 spiro atoms. The fraction of sp³-hybridized carbons (Fsp3) is 0.417. The van der Waals surface area contributed by atoms with E-state index in [0.29, 0.717) is 12.3 Å². The first-order chi connectivity index (χ1) is 14.4. The standard InChI is InChI=1S/C24H29BrN2O3/c1-17-7-3-6-10-22(17)30-16-23(28)27(15-19-11-13-20(25)14-12-19)18(2)24(29)26-21-8-4-5-9-21/h3,6-7,10-14,18,21H,4-5,8-9,15-16H2,1-2H3,(H,26,29). The molecule has 2 amide bonds. The SMILES string of the molecule is Cc1ccccc1OCC(=O)N(Cc1ccc(Br)cc1)C(C)C(=O)NC1CCCC1. The van der Waals surface area contributed by atoms with Crippen LogP contribution in [0.25, 0.3) is 0 Å². The average Bonchev–Trinajstić information content (AvgIpc) is 3.25. The van der Waals surface area contributed by atoms with Gasteiger partial charge in [-0.15, -0.1) is 0 Å². The molecule has 2 aromatic carbocycles. The van der Waals surface area contributed by atoms with E-state index in [1.165, 1.54) is 0 Å². The van der Waals surface area contributed by atoms with Crippen molar-refractivity contribution in [3.63, 3.8) is 0 Å². The molecule has 5 nitrogen and oxygen atoms in total. The Labute approximate surface area is 186 Å². The normalized spacial score (nSPS) is 14.9. The molecule has 0 bridgehead atoms. The summed E-state index contributed by atoms with van der Waals surface area (Å²) >= 11 is 3.43. The third-order valence-corrected chi connectivity index (χ3v) is 6.11. The van der Waals surface area contributed by atoms with Crippen molar-refractivity contribution in [2.24, 2.45) is 0 Å². The van der Waals surface area contributed by atoms with Gasteiger partial charge in [-0.1, -0.05) is 59.1 Å². The summed E-state index contributed by atoms with van der Waals surface area (Å²) in [6, 6.07) is 15.0. The summed E-state index contributed by atoms with van der Waals surface area (Å²) in [7, 11) is 0. The number of aryl methyl sites for hydroxylation is 1. The lowest BCUT2D eigenvalue weighted by Gasteiger charge is -2.29. The summed E-state index contributed by atoms with van der Waals surface area (Å²) in [6.45, 7) is 3.97. The first kappa shape index (κ1) is 22.3. The van der Waals surface area contributed by atoms with Crippen molar-refractivity contribution >= 4 is 27.7 Å². The van der Waals surface area contributed by atoms with E-state index in [2.05, 4.69) is 21.2 Å². The van der Waals surface area contributed by atoms with Crippen molar-refractivity contribution in [2.45, 2.75) is 58.2 Å². The molecular formula is C24H29BrN2O3. The van der Waals surface area contributed by atoms with Gasteiger partial charge in [0.25, 0.3) is 5.91 Å². The number of nitrogens with zero attached hydrogens (tertiary/aromatic N) is 1. The van der Waals surface area contributed by atoms with Crippen molar-refractivity contribution in [1.29, 1.82) is 0 Å². The van der Waals surface area contributed by atoms with Crippen LogP contribution >= 0.6 is 15.9 Å². The molecule has 2 aromatic rings. The number of benzene rings is 2. The Morgan fingerprint density at radius 3 is 2.47 bits per heavy atom. The van der Waals surface area contributed by atoms with Gasteiger partial charge in [-0.2, -0.15) is 0 Å². The molecule has 0 aliphatic heterocycles. The Bertz CT molecular complexity index is 863. The Hall–Kier alpha value is -2.34. The molecular weight excluding hydrogens is 444 g/mol. The number of rotatable bonds is 8. The van der Waals surface area contributed by atoms with Crippen molar-refractivity contribution in [3.05, 3.63) is 64.1 Å². The van der Waals surface area contributed by atoms with Gasteiger partial charge in [0.05, 0.1) is 0 Å². The highest BCUT2D eigenvalue weighted by Crippen LogP contribution is 2.20. The summed E-state index contributed by atoms with van der Waals surface area (Å²) in [5.74, 6) is 0.357. The van der Waals surface area contributed by atoms with Gasteiger partial charge in [-0.05, 0) is 56.0 Å². The molecule has 1 unspecified atom stereocenters. The molecule has 30 heavy (non-hydrogen) atoms. The predicted octanol–water partition coefficient (Wildman–Crippen LogP) is 4.61. The molecule has 0 heterocycles. The lowest BCUT2D eigenvalue weighted by Crippen LogP contribution is -2.50. The van der Waals surface area contributed by atoms with E-state index in [1.54, 1.807) is 11.8 Å². The molecule has 1 aliphatic carbocycles. The van der Waals surface area contributed by atoms with Crippen LogP contribution in [0.5, 0.6) is 5.75 Å². The van der Waals surface area contributed by atoms with Gasteiger partial charge in [-0.3, -0.25) is 9.59 Å². The van der Waals surface area contributed by atoms with Crippen LogP contribution in [0.1, 0.15) is 43.7 Å². The van der Waals surface area contributed by atoms with Gasteiger partial charge >= 0.3 is 0 Å². The fourth-order valence-electron chi connectivity index (χ4n) is 3.70. The van der Waals surface area contributed by atoms with Gasteiger partial charge in [0.1, 0.15) is 11.8 Å². The molecule has 1 aliphatic rings. The number of hydrogen-bond donors (Lipinski definition) is 1. The van der Waals surface area contributed by atoms with E-state index in [9.17, 15) is 9.59 Å². The van der Waals surface area contributed by atoms with E-state index in [1.807, 2.05) is 55.5 Å². The second kappa shape index (κ2) is 10.6. The molecule has 0 saturated heterocycles. The first-order valence-corrected chi connectivity index (χ1v) is 11.3. The number of ether oxygens (including phenoxy) is 1. The minimum Gasteiger partial charge on any atom is -0.484 e. The van der Waals surface area contributed by atoms with E-state index < -0.39 is 6.04 Å². The monoisotopic (exact) mass is 472 g/mol. The molecule has 0 aromatic heterocycles. The van der Waals surface area contributed by atoms with Gasteiger partial charge < -0.3 is 15.0 Å². The molecule has 160 valence electrons. The summed E-state index contributed by atoms with van der Waals surface area (Å²) in [5, 5.41) is 3.11. The number of para-hydroxylation sites is 1. The third kappa shape index (κ3) is 6.08. The summed E-state index contributed by atoms with van der Waals surface area (Å²) in [4.78, 5) is 27.6. The number of hydrogen-bond acceptors (Lipinski definition) is 3. The molecule has 6 heteroatoms. The topological polar surface area (TPSA) is 58.6 Å². The van der Waals surface area contributed by atoms with Crippen LogP contribution in [0.4, 0.5) is 0 Å². The summed E-state index contributed by atoms with van der Waals surface area (Å²) < 4.78 is 6.74. The highest BCUT2D eigenvalue weighted by atomic mass is 79.9. The third-order valence-electron chi connectivity index (χ3n) is 5.58. The Morgan fingerprint density at radius 2 is 1.80 bits per heavy atom. The van der Waals surface area contributed by atoms with Crippen molar-refractivity contribution < 1.29 is 14.3 Å². The molecule has 1 fully saturated rings. The van der Waals surface area contributed by atoms with Crippen LogP contribution in [0.2, 0.25) is 0 Å². The van der Waals surface area contributed by atoms with Crippen LogP contribution in [0.15, 0.2) is 53.0 Å². The number of halogens is 1. The molecule has 1 N–H and O–H groups in total. The van der Waals surface area contributed by atoms with E-state index in [0.717, 1.165) is 41.3 Å². The van der Waals surface area contributed by atoms with Crippen molar-refractivity contribution in [2.75, 3.05) is 6.61 Å². The Morgan fingerprint density at radius 1 is 1.13 bits per heavy atom. The van der Waals surface area contributed by atoms with Crippen LogP contribution in [-0.2, 0) is 16.1 Å². The zero-order chi connectivity index (χ0) is 21.5. The largest absolute Gasteiger partial charge is 0.484 e. The minimum atomic E-state index is -0.581. The zero-order valence-corrected chi connectivity index (χ0v) is 19.2. The van der Waals surface area contributed by atoms with Crippen LogP contribution in [0, 0.1) is 6.92 Å². The number of nitrogens with one attached hydrogen (secondary N) is 1. The molecule has 0 radical (unpaired) electrons. The highest BCUT2D eigenvalue weighted by Gasteiger charge is 2.28. The number of carbonyl (C=O) groups is 2. The van der Waals surface area contributed by atoms with Gasteiger partial charge in [-0.25, -0.2) is 0 Å². The second-order valence-electron chi connectivity index (χ2n) is 7.87. The van der Waals surface area contributed by atoms with Gasteiger partial charge in [0.2, 0.25) is 5.91 Å². The lowest BCUT2D eigenvalue weighted by atomic mass is 10.1. The zero-order valence-electron chi connectivity index (χ0n) is 17.6. The van der Waals surface area contributed by atoms with Crippen LogP contribution in [-0.4, -0.2) is 35.4 Å². The maximum absolute atomic E-state index is 13.1. The van der Waals surface area contributed by atoms with Gasteiger partial charge in [0.15, 0.2) is 6.61 Å².